The van der Waals surface area contributed by atoms with Crippen molar-refractivity contribution in [2.24, 2.45) is 5.41 Å². The van der Waals surface area contributed by atoms with Crippen molar-refractivity contribution < 1.29 is 27.8 Å². The molecule has 2 fully saturated rings. The number of nitrogens with zero attached hydrogens (tertiary/aromatic N) is 3. The number of aliphatic carboxylic acids is 1. The number of alkyl halides is 3. The van der Waals surface area contributed by atoms with Gasteiger partial charge in [0.25, 0.3) is 0 Å². The van der Waals surface area contributed by atoms with Gasteiger partial charge in [0.15, 0.2) is 0 Å². The molecule has 13 heteroatoms. The zero-order valence-corrected chi connectivity index (χ0v) is 21.0. The highest BCUT2D eigenvalue weighted by atomic mass is 79.9. The van der Waals surface area contributed by atoms with Crippen LogP contribution in [0.25, 0.3) is 0 Å². The van der Waals surface area contributed by atoms with Gasteiger partial charge < -0.3 is 25.8 Å². The van der Waals surface area contributed by atoms with E-state index in [9.17, 15) is 23.1 Å². The van der Waals surface area contributed by atoms with Crippen LogP contribution in [0.15, 0.2) is 33.2 Å². The smallest absolute Gasteiger partial charge is 0.429 e. The highest BCUT2D eigenvalue weighted by molar-refractivity contribution is 9.11. The number of carboxylic acid groups (broad SMARTS) is 1. The molecule has 34 heavy (non-hydrogen) atoms. The Morgan fingerprint density at radius 3 is 2.47 bits per heavy atom. The number of aromatic nitrogens is 2. The summed E-state index contributed by atoms with van der Waals surface area (Å²) in [6.07, 6.45) is -5.02. The molecule has 3 heterocycles. The minimum atomic E-state index is -4.72. The third kappa shape index (κ3) is 5.25. The quantitative estimate of drug-likeness (QED) is 0.461. The number of anilines is 2. The molecular formula is C21H22Br2F3N5O3. The van der Waals surface area contributed by atoms with E-state index in [1.807, 2.05) is 4.90 Å². The highest BCUT2D eigenvalue weighted by Crippen LogP contribution is 2.44. The number of benzene rings is 1. The molecule has 1 aromatic carbocycles. The van der Waals surface area contributed by atoms with E-state index in [0.29, 0.717) is 31.9 Å². The van der Waals surface area contributed by atoms with E-state index in [4.69, 9.17) is 10.5 Å². The van der Waals surface area contributed by atoms with Gasteiger partial charge in [0.2, 0.25) is 17.9 Å². The van der Waals surface area contributed by atoms with E-state index >= 15 is 0 Å². The number of nitrogens with two attached hydrogens (primary N) is 1. The van der Waals surface area contributed by atoms with Crippen molar-refractivity contribution in [3.8, 4) is 5.88 Å². The number of ether oxygens (including phenoxy) is 1. The average Bonchev–Trinajstić information content (AvgIpc) is 3.16. The van der Waals surface area contributed by atoms with Crippen molar-refractivity contribution in [1.82, 2.24) is 15.3 Å². The minimum Gasteiger partial charge on any atom is -0.480 e. The van der Waals surface area contributed by atoms with Crippen LogP contribution in [0.2, 0.25) is 0 Å². The van der Waals surface area contributed by atoms with Crippen LogP contribution in [0, 0.1) is 5.41 Å². The molecule has 0 bridgehead atoms. The first-order valence-electron chi connectivity index (χ1n) is 10.5. The van der Waals surface area contributed by atoms with E-state index in [2.05, 4.69) is 47.1 Å². The van der Waals surface area contributed by atoms with Crippen LogP contribution in [0.1, 0.15) is 30.9 Å². The van der Waals surface area contributed by atoms with Gasteiger partial charge in [-0.05, 0) is 36.8 Å². The molecule has 2 aliphatic rings. The number of piperidine rings is 1. The third-order valence-electron chi connectivity index (χ3n) is 6.31. The van der Waals surface area contributed by atoms with Crippen molar-refractivity contribution in [2.45, 2.75) is 37.6 Å². The summed E-state index contributed by atoms with van der Waals surface area (Å²) in [5.41, 5.74) is 5.58. The molecule has 184 valence electrons. The van der Waals surface area contributed by atoms with E-state index < -0.39 is 24.3 Å². The van der Waals surface area contributed by atoms with Crippen molar-refractivity contribution in [3.05, 3.63) is 38.8 Å². The summed E-state index contributed by atoms with van der Waals surface area (Å²) in [5, 5.41) is 12.3. The number of nitrogen functional groups attached to an aromatic ring is 1. The Balaban J connectivity index is 1.54. The Morgan fingerprint density at radius 1 is 1.26 bits per heavy atom. The van der Waals surface area contributed by atoms with Gasteiger partial charge in [-0.3, -0.25) is 4.79 Å². The molecule has 4 rings (SSSR count). The SMILES string of the molecule is Nc1nc(O[C@H](c2c(Br)cccc2Br)C(F)(F)F)cc(N2CCC3(CC2)CNC(C(=O)O)C3)n1. The van der Waals surface area contributed by atoms with E-state index in [1.54, 1.807) is 6.07 Å². The van der Waals surface area contributed by atoms with Crippen molar-refractivity contribution in [1.29, 1.82) is 0 Å². The maximum absolute atomic E-state index is 14.0. The Labute approximate surface area is 210 Å². The van der Waals surface area contributed by atoms with E-state index in [-0.39, 0.29) is 31.8 Å². The number of halogens is 5. The van der Waals surface area contributed by atoms with Gasteiger partial charge in [0.05, 0.1) is 0 Å². The van der Waals surface area contributed by atoms with Gasteiger partial charge in [-0.2, -0.15) is 23.1 Å². The molecule has 8 nitrogen and oxygen atoms in total. The molecular weight excluding hydrogens is 587 g/mol. The van der Waals surface area contributed by atoms with Crippen LogP contribution < -0.4 is 20.7 Å². The molecule has 4 N–H and O–H groups in total. The highest BCUT2D eigenvalue weighted by Gasteiger charge is 2.46. The summed E-state index contributed by atoms with van der Waals surface area (Å²) in [5.74, 6) is -0.986. The van der Waals surface area contributed by atoms with Gasteiger partial charge in [0, 0.05) is 40.2 Å². The predicted molar refractivity (Wildman–Crippen MR) is 126 cm³/mol. The molecule has 0 aliphatic carbocycles. The number of hydrogen-bond acceptors (Lipinski definition) is 7. The lowest BCUT2D eigenvalue weighted by molar-refractivity contribution is -0.199. The average molecular weight is 609 g/mol. The maximum atomic E-state index is 14.0. The largest absolute Gasteiger partial charge is 0.480 e. The van der Waals surface area contributed by atoms with Crippen LogP contribution in [0.4, 0.5) is 24.9 Å². The van der Waals surface area contributed by atoms with Crippen molar-refractivity contribution in [2.75, 3.05) is 30.3 Å². The Morgan fingerprint density at radius 2 is 1.91 bits per heavy atom. The topological polar surface area (TPSA) is 114 Å². The zero-order chi connectivity index (χ0) is 24.7. The molecule has 0 amide bonds. The normalized spacial score (nSPS) is 21.0. The maximum Gasteiger partial charge on any atom is 0.429 e. The third-order valence-corrected chi connectivity index (χ3v) is 7.69. The van der Waals surface area contributed by atoms with Gasteiger partial charge in [0.1, 0.15) is 11.9 Å². The van der Waals surface area contributed by atoms with Crippen molar-refractivity contribution in [3.63, 3.8) is 0 Å². The van der Waals surface area contributed by atoms with E-state index in [0.717, 1.165) is 12.8 Å². The molecule has 2 aliphatic heterocycles. The summed E-state index contributed by atoms with van der Waals surface area (Å²) in [6, 6.07) is 5.40. The van der Waals surface area contributed by atoms with Crippen LogP contribution in [0.3, 0.4) is 0 Å². The van der Waals surface area contributed by atoms with Crippen molar-refractivity contribution >= 4 is 49.6 Å². The van der Waals surface area contributed by atoms with Gasteiger partial charge in [-0.1, -0.05) is 37.9 Å². The standard InChI is InChI=1S/C21H22Br2F3N5O3/c22-11-2-1-3-12(23)16(11)17(21(24,25)26)34-15-8-14(29-19(27)30-15)31-6-4-20(5-7-31)9-13(18(32)33)28-10-20/h1-3,8,13,17,28H,4-7,9-10H2,(H,32,33)(H2,27,29,30)/t13?,17-/m1/s1. The Kier molecular flexibility index (Phi) is 6.98. The fourth-order valence-corrected chi connectivity index (χ4v) is 5.92. The molecule has 1 spiro atoms. The first kappa shape index (κ1) is 25.0. The molecule has 2 atom stereocenters. The number of rotatable bonds is 5. The molecule has 0 radical (unpaired) electrons. The second-order valence-electron chi connectivity index (χ2n) is 8.56. The first-order valence-corrected chi connectivity index (χ1v) is 12.1. The molecule has 1 aromatic heterocycles. The molecule has 2 saturated heterocycles. The van der Waals surface area contributed by atoms with Gasteiger partial charge in [-0.15, -0.1) is 0 Å². The second kappa shape index (κ2) is 9.50. The van der Waals surface area contributed by atoms with Crippen LogP contribution in [-0.4, -0.2) is 52.9 Å². The number of nitrogens with one attached hydrogen (secondary N) is 1. The number of hydrogen-bond donors (Lipinski definition) is 3. The lowest BCUT2D eigenvalue weighted by atomic mass is 9.76. The lowest BCUT2D eigenvalue weighted by Crippen LogP contribution is -2.41. The Hall–Kier alpha value is -2.12. The molecule has 0 saturated carbocycles. The fourth-order valence-electron chi connectivity index (χ4n) is 4.51. The van der Waals surface area contributed by atoms with E-state index in [1.165, 1.54) is 18.2 Å². The number of carboxylic acids is 1. The predicted octanol–water partition coefficient (Wildman–Crippen LogP) is 4.30. The van der Waals surface area contributed by atoms with Gasteiger partial charge in [-0.25, -0.2) is 0 Å². The summed E-state index contributed by atoms with van der Waals surface area (Å²) >= 11 is 6.34. The second-order valence-corrected chi connectivity index (χ2v) is 10.3. The molecule has 2 aromatic rings. The Bertz CT molecular complexity index is 1060. The van der Waals surface area contributed by atoms with Crippen LogP contribution in [0.5, 0.6) is 5.88 Å². The summed E-state index contributed by atoms with van der Waals surface area (Å²) in [6.45, 7) is 1.73. The minimum absolute atomic E-state index is 0.115. The molecule has 1 unspecified atom stereocenters. The fraction of sp³-hybridized carbons (Fsp3) is 0.476. The zero-order valence-electron chi connectivity index (χ0n) is 17.8. The summed E-state index contributed by atoms with van der Waals surface area (Å²) in [4.78, 5) is 21.3. The van der Waals surface area contributed by atoms with Gasteiger partial charge >= 0.3 is 12.1 Å². The summed E-state index contributed by atoms with van der Waals surface area (Å²) < 4.78 is 47.7. The first-order chi connectivity index (χ1) is 16.0. The number of carbonyl (C=O) groups is 1. The lowest BCUT2D eigenvalue weighted by Gasteiger charge is -2.39. The van der Waals surface area contributed by atoms with Crippen LogP contribution in [-0.2, 0) is 4.79 Å². The monoisotopic (exact) mass is 607 g/mol. The van der Waals surface area contributed by atoms with Crippen LogP contribution >= 0.6 is 31.9 Å². The summed E-state index contributed by atoms with van der Waals surface area (Å²) in [7, 11) is 0.